The minimum absolute atomic E-state index is 0.0636. The van der Waals surface area contributed by atoms with Gasteiger partial charge in [-0.3, -0.25) is 0 Å². The van der Waals surface area contributed by atoms with Crippen molar-refractivity contribution in [1.82, 2.24) is 0 Å². The van der Waals surface area contributed by atoms with Crippen LogP contribution in [0.2, 0.25) is 19.6 Å². The number of hydrogen-bond acceptors (Lipinski definition) is 1. The van der Waals surface area contributed by atoms with Gasteiger partial charge in [-0.2, -0.15) is 0 Å². The molecule has 0 heterocycles. The smallest absolute Gasteiger partial charge is 0.241 e. The van der Waals surface area contributed by atoms with Crippen LogP contribution in [0.3, 0.4) is 0 Å². The lowest BCUT2D eigenvalue weighted by atomic mass is 9.66. The average Bonchev–Trinajstić information content (AvgIpc) is 2.59. The number of hydrogen-bond donors (Lipinski definition) is 0. The first kappa shape index (κ1) is 23.5. The van der Waals surface area contributed by atoms with Crippen molar-refractivity contribution >= 4 is 8.32 Å². The summed E-state index contributed by atoms with van der Waals surface area (Å²) in [5.41, 5.74) is 5.01. The molecule has 0 aromatic heterocycles. The molecule has 2 heteroatoms. The molecule has 0 fully saturated rings. The van der Waals surface area contributed by atoms with Gasteiger partial charge in [-0.1, -0.05) is 83.1 Å². The fourth-order valence-corrected chi connectivity index (χ4v) is 5.16. The van der Waals surface area contributed by atoms with Crippen LogP contribution in [-0.2, 0) is 4.43 Å². The Balaban J connectivity index is 4.04. The van der Waals surface area contributed by atoms with Crippen molar-refractivity contribution in [3.63, 3.8) is 0 Å². The molecule has 1 nitrogen and oxygen atoms in total. The van der Waals surface area contributed by atoms with Crippen LogP contribution in [0.15, 0.2) is 22.5 Å². The maximum Gasteiger partial charge on any atom is 0.241 e. The summed E-state index contributed by atoms with van der Waals surface area (Å²) in [6.45, 7) is 35.4. The minimum atomic E-state index is -1.73. The molecule has 0 radical (unpaired) electrons. The van der Waals surface area contributed by atoms with E-state index in [0.29, 0.717) is 5.92 Å². The zero-order valence-corrected chi connectivity index (χ0v) is 21.5. The van der Waals surface area contributed by atoms with Crippen molar-refractivity contribution in [3.05, 3.63) is 22.5 Å². The normalized spacial score (nSPS) is 21.0. The van der Waals surface area contributed by atoms with E-state index >= 15 is 0 Å². The van der Waals surface area contributed by atoms with Crippen LogP contribution in [0.1, 0.15) is 83.1 Å². The zero-order valence-electron chi connectivity index (χ0n) is 20.5. The Kier molecular flexibility index (Phi) is 5.91. The monoisotopic (exact) mass is 378 g/mol. The maximum atomic E-state index is 6.90. The van der Waals surface area contributed by atoms with E-state index in [4.69, 9.17) is 4.43 Å². The summed E-state index contributed by atoms with van der Waals surface area (Å²) in [4.78, 5) is 0. The largest absolute Gasteiger partial charge is 0.547 e. The molecule has 0 aromatic carbocycles. The molecule has 26 heavy (non-hydrogen) atoms. The molecule has 1 aliphatic rings. The molecule has 0 spiro atoms. The van der Waals surface area contributed by atoms with Gasteiger partial charge in [0.05, 0.1) is 5.76 Å². The van der Waals surface area contributed by atoms with Crippen LogP contribution >= 0.6 is 0 Å². The summed E-state index contributed by atoms with van der Waals surface area (Å²) in [5.74, 6) is 1.62. The molecule has 0 saturated heterocycles. The van der Waals surface area contributed by atoms with Gasteiger partial charge in [-0.25, -0.2) is 0 Å². The second-order valence-corrected chi connectivity index (χ2v) is 17.7. The summed E-state index contributed by atoms with van der Waals surface area (Å²) in [6, 6.07) is 0. The molecule has 0 N–H and O–H groups in total. The Bertz CT molecular complexity index is 599. The Morgan fingerprint density at radius 2 is 1.00 bits per heavy atom. The van der Waals surface area contributed by atoms with E-state index in [0.717, 1.165) is 0 Å². The van der Waals surface area contributed by atoms with Gasteiger partial charge in [0.25, 0.3) is 0 Å². The van der Waals surface area contributed by atoms with Crippen LogP contribution in [-0.4, -0.2) is 8.32 Å². The highest BCUT2D eigenvalue weighted by atomic mass is 28.4. The molecule has 0 amide bonds. The molecule has 1 aliphatic carbocycles. The van der Waals surface area contributed by atoms with Crippen LogP contribution < -0.4 is 0 Å². The molecule has 152 valence electrons. The van der Waals surface area contributed by atoms with Gasteiger partial charge in [-0.15, -0.1) is 0 Å². The zero-order chi connectivity index (χ0) is 21.1. The lowest BCUT2D eigenvalue weighted by Gasteiger charge is -2.40. The molecular formula is C24H46OSi. The topological polar surface area (TPSA) is 9.23 Å². The molecule has 0 bridgehead atoms. The number of rotatable bonds is 2. The van der Waals surface area contributed by atoms with E-state index in [1.807, 2.05) is 0 Å². The van der Waals surface area contributed by atoms with Gasteiger partial charge < -0.3 is 4.43 Å². The Morgan fingerprint density at radius 1 is 0.615 bits per heavy atom. The third kappa shape index (κ3) is 5.06. The van der Waals surface area contributed by atoms with Crippen LogP contribution in [0.5, 0.6) is 0 Å². The predicted molar refractivity (Wildman–Crippen MR) is 120 cm³/mol. The van der Waals surface area contributed by atoms with Gasteiger partial charge in [0.2, 0.25) is 8.32 Å². The third-order valence-corrected chi connectivity index (χ3v) is 5.74. The molecule has 0 aliphatic heterocycles. The highest BCUT2D eigenvalue weighted by Gasteiger charge is 2.50. The second-order valence-electron chi connectivity index (χ2n) is 13.3. The second kappa shape index (κ2) is 6.53. The molecule has 0 aromatic rings. The summed E-state index contributed by atoms with van der Waals surface area (Å²) < 4.78 is 6.90. The standard InChI is InChI=1S/C24H46OSi/c1-21(2,3)16-17(22(4,5)6)19(24(10,11)12)20(25-26(13,14)15)18(16)23(7,8)9/h18H,1-15H3. The minimum Gasteiger partial charge on any atom is -0.547 e. The quantitative estimate of drug-likeness (QED) is 0.440. The first-order valence-electron chi connectivity index (χ1n) is 10.3. The fraction of sp³-hybridized carbons (Fsp3) is 0.833. The van der Waals surface area contributed by atoms with Crippen LogP contribution in [0.4, 0.5) is 0 Å². The van der Waals surface area contributed by atoms with Gasteiger partial charge in [0.15, 0.2) is 0 Å². The molecular weight excluding hydrogens is 332 g/mol. The maximum absolute atomic E-state index is 6.90. The van der Waals surface area contributed by atoms with E-state index in [1.165, 1.54) is 11.3 Å². The third-order valence-electron chi connectivity index (χ3n) is 4.91. The van der Waals surface area contributed by atoms with Crippen molar-refractivity contribution in [2.24, 2.45) is 27.6 Å². The van der Waals surface area contributed by atoms with E-state index in [9.17, 15) is 0 Å². The molecule has 1 unspecified atom stereocenters. The van der Waals surface area contributed by atoms with Crippen LogP contribution in [0, 0.1) is 27.6 Å². The van der Waals surface area contributed by atoms with E-state index in [2.05, 4.69) is 103 Å². The Hall–Kier alpha value is -0.503. The summed E-state index contributed by atoms with van der Waals surface area (Å²) in [5, 5.41) is 0. The highest BCUT2D eigenvalue weighted by Crippen LogP contribution is 2.60. The predicted octanol–water partition coefficient (Wildman–Crippen LogP) is 8.20. The highest BCUT2D eigenvalue weighted by molar-refractivity contribution is 6.70. The summed E-state index contributed by atoms with van der Waals surface area (Å²) in [7, 11) is -1.73. The SMILES string of the molecule is CC(C)(C)C1=C(O[Si](C)(C)C)C(C(C)(C)C)C(C(C)(C)C)=C1C(C)(C)C. The summed E-state index contributed by atoms with van der Waals surface area (Å²) in [6.07, 6.45) is 0. The van der Waals surface area contributed by atoms with E-state index in [-0.39, 0.29) is 21.7 Å². The van der Waals surface area contributed by atoms with E-state index in [1.54, 1.807) is 11.1 Å². The van der Waals surface area contributed by atoms with Crippen molar-refractivity contribution in [3.8, 4) is 0 Å². The fourth-order valence-electron chi connectivity index (χ4n) is 4.28. The lowest BCUT2D eigenvalue weighted by Crippen LogP contribution is -2.34. The first-order valence-corrected chi connectivity index (χ1v) is 13.7. The Labute approximate surface area is 165 Å². The van der Waals surface area contributed by atoms with Gasteiger partial charge in [0.1, 0.15) is 0 Å². The van der Waals surface area contributed by atoms with Gasteiger partial charge in [-0.05, 0) is 58.0 Å². The van der Waals surface area contributed by atoms with Crippen LogP contribution in [0.25, 0.3) is 0 Å². The Morgan fingerprint density at radius 3 is 1.23 bits per heavy atom. The molecule has 1 rings (SSSR count). The average molecular weight is 379 g/mol. The first-order chi connectivity index (χ1) is 11.1. The van der Waals surface area contributed by atoms with E-state index < -0.39 is 8.32 Å². The van der Waals surface area contributed by atoms with Crippen molar-refractivity contribution in [1.29, 1.82) is 0 Å². The van der Waals surface area contributed by atoms with Crippen molar-refractivity contribution < 1.29 is 4.43 Å². The van der Waals surface area contributed by atoms with Gasteiger partial charge >= 0.3 is 0 Å². The molecule has 1 atom stereocenters. The van der Waals surface area contributed by atoms with Gasteiger partial charge in [0, 0.05) is 5.92 Å². The van der Waals surface area contributed by atoms with Crippen molar-refractivity contribution in [2.45, 2.75) is 103 Å². The van der Waals surface area contributed by atoms with Crippen molar-refractivity contribution in [2.75, 3.05) is 0 Å². The summed E-state index contributed by atoms with van der Waals surface area (Å²) >= 11 is 0. The lowest BCUT2D eigenvalue weighted by molar-refractivity contribution is 0.214. The number of allylic oxidation sites excluding steroid dienone is 3. The molecule has 0 saturated carbocycles.